The van der Waals surface area contributed by atoms with Crippen LogP contribution in [0.2, 0.25) is 5.02 Å². The first kappa shape index (κ1) is 15.0. The lowest BCUT2D eigenvalue weighted by atomic mass is 10.1. The van der Waals surface area contributed by atoms with Gasteiger partial charge < -0.3 is 4.57 Å². The fourth-order valence-electron chi connectivity index (χ4n) is 1.79. The second kappa shape index (κ2) is 5.17. The van der Waals surface area contributed by atoms with Crippen molar-refractivity contribution in [1.29, 1.82) is 0 Å². The van der Waals surface area contributed by atoms with Crippen LogP contribution in [0.15, 0.2) is 12.3 Å². The minimum absolute atomic E-state index is 0.0544. The Labute approximate surface area is 122 Å². The van der Waals surface area contributed by atoms with Crippen LogP contribution in [0.1, 0.15) is 29.9 Å². The molecule has 0 fully saturated rings. The topological polar surface area (TPSA) is 46.5 Å². The Kier molecular flexibility index (Phi) is 3.88. The maximum absolute atomic E-state index is 12.6. The van der Waals surface area contributed by atoms with E-state index in [9.17, 15) is 13.2 Å². The van der Waals surface area contributed by atoms with E-state index in [4.69, 9.17) is 23.8 Å². The largest absolute Gasteiger partial charge is 0.417 e. The van der Waals surface area contributed by atoms with Gasteiger partial charge in [-0.15, -0.1) is 0 Å². The molecule has 1 unspecified atom stereocenters. The van der Waals surface area contributed by atoms with E-state index in [0.29, 0.717) is 16.3 Å². The van der Waals surface area contributed by atoms with Gasteiger partial charge in [-0.2, -0.15) is 18.3 Å². The molecule has 0 saturated heterocycles. The number of aromatic amines is 1. The minimum Gasteiger partial charge on any atom is -0.307 e. The quantitative estimate of drug-likeness (QED) is 0.858. The van der Waals surface area contributed by atoms with Crippen molar-refractivity contribution in [2.24, 2.45) is 7.05 Å². The standard InChI is InChI=1S/C11H10ClF3N4S/c1-5(9-17-18-10(20)19(9)2)8-7(12)3-6(4-16-8)11(13,14)15/h3-5H,1-2H3,(H,18,20). The summed E-state index contributed by atoms with van der Waals surface area (Å²) in [6, 6.07) is 0.863. The molecule has 0 aromatic carbocycles. The van der Waals surface area contributed by atoms with Gasteiger partial charge in [0.1, 0.15) is 5.82 Å². The monoisotopic (exact) mass is 322 g/mol. The lowest BCUT2D eigenvalue weighted by Gasteiger charge is -2.13. The number of hydrogen-bond acceptors (Lipinski definition) is 3. The first-order valence-electron chi connectivity index (χ1n) is 5.55. The summed E-state index contributed by atoms with van der Waals surface area (Å²) < 4.78 is 39.7. The van der Waals surface area contributed by atoms with E-state index in [-0.39, 0.29) is 10.9 Å². The lowest BCUT2D eigenvalue weighted by molar-refractivity contribution is -0.137. The van der Waals surface area contributed by atoms with Gasteiger partial charge in [0.05, 0.1) is 22.2 Å². The molecule has 0 aliphatic rings. The predicted molar refractivity (Wildman–Crippen MR) is 70.2 cm³/mol. The summed E-state index contributed by atoms with van der Waals surface area (Å²) in [5.74, 6) is 0.159. The maximum Gasteiger partial charge on any atom is 0.417 e. The van der Waals surface area contributed by atoms with E-state index in [1.165, 1.54) is 0 Å². The van der Waals surface area contributed by atoms with Gasteiger partial charge >= 0.3 is 6.18 Å². The van der Waals surface area contributed by atoms with Crippen LogP contribution < -0.4 is 0 Å². The SMILES string of the molecule is CC(c1ncc(C(F)(F)F)cc1Cl)c1n[nH]c(=S)n1C. The molecule has 9 heteroatoms. The molecular weight excluding hydrogens is 313 g/mol. The third kappa shape index (κ3) is 2.71. The van der Waals surface area contributed by atoms with Crippen molar-refractivity contribution < 1.29 is 13.2 Å². The zero-order valence-corrected chi connectivity index (χ0v) is 12.1. The molecule has 2 rings (SSSR count). The van der Waals surface area contributed by atoms with Crippen LogP contribution in [0.4, 0.5) is 13.2 Å². The smallest absolute Gasteiger partial charge is 0.307 e. The van der Waals surface area contributed by atoms with Crippen LogP contribution in [-0.4, -0.2) is 19.7 Å². The number of hydrogen-bond donors (Lipinski definition) is 1. The Morgan fingerprint density at radius 3 is 2.55 bits per heavy atom. The number of nitrogens with zero attached hydrogens (tertiary/aromatic N) is 3. The van der Waals surface area contributed by atoms with Crippen LogP contribution in [-0.2, 0) is 13.2 Å². The van der Waals surface area contributed by atoms with Gasteiger partial charge in [0.25, 0.3) is 0 Å². The van der Waals surface area contributed by atoms with Crippen molar-refractivity contribution in [1.82, 2.24) is 19.7 Å². The Hall–Kier alpha value is -1.41. The van der Waals surface area contributed by atoms with Crippen LogP contribution in [0.25, 0.3) is 0 Å². The summed E-state index contributed by atoms with van der Waals surface area (Å²) in [4.78, 5) is 3.82. The second-order valence-electron chi connectivity index (χ2n) is 4.26. The summed E-state index contributed by atoms with van der Waals surface area (Å²) >= 11 is 10.9. The van der Waals surface area contributed by atoms with Crippen LogP contribution in [0.5, 0.6) is 0 Å². The minimum atomic E-state index is -4.47. The summed E-state index contributed by atoms with van der Waals surface area (Å²) in [7, 11) is 1.70. The zero-order valence-electron chi connectivity index (χ0n) is 10.5. The molecule has 20 heavy (non-hydrogen) atoms. The Bertz CT molecular complexity index is 692. The van der Waals surface area contributed by atoms with Gasteiger partial charge in [-0.1, -0.05) is 11.6 Å². The summed E-state index contributed by atoms with van der Waals surface area (Å²) in [5, 5.41) is 6.58. The van der Waals surface area contributed by atoms with Gasteiger partial charge in [0.2, 0.25) is 0 Å². The number of aromatic nitrogens is 4. The highest BCUT2D eigenvalue weighted by atomic mass is 35.5. The number of rotatable bonds is 2. The first-order chi connectivity index (χ1) is 9.21. The van der Waals surface area contributed by atoms with Crippen LogP contribution in [0, 0.1) is 4.77 Å². The molecule has 0 amide bonds. The summed E-state index contributed by atoms with van der Waals surface area (Å²) in [6.07, 6.45) is -3.71. The molecule has 2 heterocycles. The van der Waals surface area contributed by atoms with Crippen molar-refractivity contribution in [3.63, 3.8) is 0 Å². The maximum atomic E-state index is 12.6. The van der Waals surface area contributed by atoms with E-state index in [1.54, 1.807) is 18.5 Å². The van der Waals surface area contributed by atoms with E-state index in [0.717, 1.165) is 12.3 Å². The molecule has 0 aliphatic heterocycles. The van der Waals surface area contributed by atoms with E-state index in [2.05, 4.69) is 15.2 Å². The summed E-state index contributed by atoms with van der Waals surface area (Å²) in [6.45, 7) is 1.74. The summed E-state index contributed by atoms with van der Waals surface area (Å²) in [5.41, 5.74) is -0.564. The van der Waals surface area contributed by atoms with Crippen molar-refractivity contribution in [2.75, 3.05) is 0 Å². The molecule has 4 nitrogen and oxygen atoms in total. The highest BCUT2D eigenvalue weighted by Gasteiger charge is 2.32. The van der Waals surface area contributed by atoms with Gasteiger partial charge in [-0.3, -0.25) is 10.1 Å². The molecule has 108 valence electrons. The van der Waals surface area contributed by atoms with Crippen molar-refractivity contribution >= 4 is 23.8 Å². The number of alkyl halides is 3. The zero-order chi connectivity index (χ0) is 15.1. The number of nitrogens with one attached hydrogen (secondary N) is 1. The third-order valence-corrected chi connectivity index (χ3v) is 3.58. The molecule has 2 aromatic heterocycles. The molecule has 0 saturated carbocycles. The fourth-order valence-corrected chi connectivity index (χ4v) is 2.26. The van der Waals surface area contributed by atoms with Gasteiger partial charge in [0.15, 0.2) is 4.77 Å². The average molecular weight is 323 g/mol. The first-order valence-corrected chi connectivity index (χ1v) is 6.34. The Morgan fingerprint density at radius 1 is 1.45 bits per heavy atom. The lowest BCUT2D eigenvalue weighted by Crippen LogP contribution is -2.10. The van der Waals surface area contributed by atoms with Gasteiger partial charge in [-0.05, 0) is 25.2 Å². The Balaban J connectivity index is 2.44. The number of pyridine rings is 1. The third-order valence-electron chi connectivity index (χ3n) is 2.91. The molecule has 0 aliphatic carbocycles. The fraction of sp³-hybridized carbons (Fsp3) is 0.364. The van der Waals surface area contributed by atoms with Gasteiger partial charge in [-0.25, -0.2) is 0 Å². The highest BCUT2D eigenvalue weighted by molar-refractivity contribution is 7.71. The second-order valence-corrected chi connectivity index (χ2v) is 5.05. The van der Waals surface area contributed by atoms with E-state index in [1.807, 2.05) is 0 Å². The number of halogens is 4. The van der Waals surface area contributed by atoms with Crippen molar-refractivity contribution in [3.8, 4) is 0 Å². The molecular formula is C11H10ClF3N4S. The number of H-pyrrole nitrogens is 1. The normalized spacial score (nSPS) is 13.5. The molecule has 2 aromatic rings. The Morgan fingerprint density at radius 2 is 2.10 bits per heavy atom. The van der Waals surface area contributed by atoms with E-state index >= 15 is 0 Å². The van der Waals surface area contributed by atoms with E-state index < -0.39 is 11.7 Å². The molecule has 0 radical (unpaired) electrons. The highest BCUT2D eigenvalue weighted by Crippen LogP contribution is 2.33. The molecule has 0 spiro atoms. The van der Waals surface area contributed by atoms with Gasteiger partial charge in [0, 0.05) is 13.2 Å². The predicted octanol–water partition coefficient (Wildman–Crippen LogP) is 3.70. The van der Waals surface area contributed by atoms with Crippen LogP contribution in [0.3, 0.4) is 0 Å². The van der Waals surface area contributed by atoms with Crippen LogP contribution >= 0.6 is 23.8 Å². The average Bonchev–Trinajstić information content (AvgIpc) is 2.68. The molecule has 1 N–H and O–H groups in total. The van der Waals surface area contributed by atoms with Crippen molar-refractivity contribution in [3.05, 3.63) is 39.1 Å². The van der Waals surface area contributed by atoms with Crippen molar-refractivity contribution in [2.45, 2.75) is 19.0 Å². The molecule has 1 atom stereocenters. The molecule has 0 bridgehead atoms.